The fraction of sp³-hybridized carbons (Fsp3) is 0.176. The molecule has 0 aliphatic rings. The van der Waals surface area contributed by atoms with Crippen LogP contribution in [0.5, 0.6) is 0 Å². The van der Waals surface area contributed by atoms with Crippen molar-refractivity contribution in [1.82, 2.24) is 10.9 Å². The third-order valence-corrected chi connectivity index (χ3v) is 3.49. The van der Waals surface area contributed by atoms with Crippen LogP contribution < -0.4 is 10.9 Å². The van der Waals surface area contributed by atoms with Crippen LogP contribution in [0.3, 0.4) is 0 Å². The Morgan fingerprint density at radius 1 is 0.955 bits per heavy atom. The standard InChI is InChI=1S/C17H17ClN2O2/c1-2-5-12-8-10-13(11-9-12)16(21)19-20-17(22)14-6-3-4-7-15(14)18/h3-4,6-11H,2,5H2,1H3,(H,19,21)(H,20,22). The predicted octanol–water partition coefficient (Wildman–Crippen LogP) is 3.37. The molecular formula is C17H17ClN2O2. The minimum atomic E-state index is -0.457. The van der Waals surface area contributed by atoms with E-state index in [-0.39, 0.29) is 5.91 Å². The van der Waals surface area contributed by atoms with Crippen LogP contribution in [0.25, 0.3) is 0 Å². The van der Waals surface area contributed by atoms with Gasteiger partial charge in [0.25, 0.3) is 11.8 Å². The number of halogens is 1. The molecule has 0 saturated carbocycles. The van der Waals surface area contributed by atoms with Gasteiger partial charge in [-0.05, 0) is 36.2 Å². The lowest BCUT2D eigenvalue weighted by Crippen LogP contribution is -2.41. The summed E-state index contributed by atoms with van der Waals surface area (Å²) in [5.41, 5.74) is 6.71. The second kappa shape index (κ2) is 7.61. The summed E-state index contributed by atoms with van der Waals surface area (Å²) in [4.78, 5) is 23.9. The van der Waals surface area contributed by atoms with Gasteiger partial charge in [-0.25, -0.2) is 0 Å². The highest BCUT2D eigenvalue weighted by Crippen LogP contribution is 2.14. The first-order chi connectivity index (χ1) is 10.6. The van der Waals surface area contributed by atoms with Crippen LogP contribution in [-0.4, -0.2) is 11.8 Å². The molecule has 2 aromatic rings. The molecule has 2 aromatic carbocycles. The van der Waals surface area contributed by atoms with E-state index in [0.29, 0.717) is 16.1 Å². The van der Waals surface area contributed by atoms with E-state index in [1.54, 1.807) is 36.4 Å². The quantitative estimate of drug-likeness (QED) is 0.850. The lowest BCUT2D eigenvalue weighted by Gasteiger charge is -2.09. The summed E-state index contributed by atoms with van der Waals surface area (Å²) in [5.74, 6) is -0.829. The van der Waals surface area contributed by atoms with Crippen LogP contribution in [0.15, 0.2) is 48.5 Å². The zero-order chi connectivity index (χ0) is 15.9. The maximum atomic E-state index is 12.0. The number of benzene rings is 2. The molecule has 0 aliphatic heterocycles. The molecular weight excluding hydrogens is 300 g/mol. The van der Waals surface area contributed by atoms with Gasteiger partial charge < -0.3 is 0 Å². The zero-order valence-electron chi connectivity index (χ0n) is 12.2. The van der Waals surface area contributed by atoms with Crippen LogP contribution in [0.2, 0.25) is 5.02 Å². The molecule has 5 heteroatoms. The Balaban J connectivity index is 1.95. The molecule has 4 nitrogen and oxygen atoms in total. The lowest BCUT2D eigenvalue weighted by atomic mass is 10.1. The molecule has 0 spiro atoms. The molecule has 0 fully saturated rings. The van der Waals surface area contributed by atoms with Crippen LogP contribution in [0.4, 0.5) is 0 Å². The fourth-order valence-corrected chi connectivity index (χ4v) is 2.23. The van der Waals surface area contributed by atoms with E-state index in [1.807, 2.05) is 12.1 Å². The summed E-state index contributed by atoms with van der Waals surface area (Å²) in [7, 11) is 0. The first-order valence-corrected chi connectivity index (χ1v) is 7.43. The normalized spacial score (nSPS) is 10.1. The molecule has 0 radical (unpaired) electrons. The molecule has 2 rings (SSSR count). The van der Waals surface area contributed by atoms with Crippen LogP contribution in [0.1, 0.15) is 39.6 Å². The van der Waals surface area contributed by atoms with Crippen molar-refractivity contribution in [3.05, 3.63) is 70.2 Å². The number of carbonyl (C=O) groups is 2. The Labute approximate surface area is 134 Å². The number of amides is 2. The van der Waals surface area contributed by atoms with Gasteiger partial charge in [-0.2, -0.15) is 0 Å². The van der Waals surface area contributed by atoms with E-state index in [2.05, 4.69) is 17.8 Å². The average Bonchev–Trinajstić information content (AvgIpc) is 2.54. The van der Waals surface area contributed by atoms with Gasteiger partial charge in [0.05, 0.1) is 10.6 Å². The van der Waals surface area contributed by atoms with E-state index in [4.69, 9.17) is 11.6 Å². The van der Waals surface area contributed by atoms with Gasteiger partial charge in [-0.3, -0.25) is 20.4 Å². The Morgan fingerprint density at radius 2 is 1.59 bits per heavy atom. The molecule has 0 saturated heterocycles. The monoisotopic (exact) mass is 316 g/mol. The third kappa shape index (κ3) is 4.09. The summed E-state index contributed by atoms with van der Waals surface area (Å²) < 4.78 is 0. The minimum Gasteiger partial charge on any atom is -0.267 e. The van der Waals surface area contributed by atoms with E-state index >= 15 is 0 Å². The molecule has 0 bridgehead atoms. The van der Waals surface area contributed by atoms with Gasteiger partial charge in [0.15, 0.2) is 0 Å². The molecule has 0 heterocycles. The van der Waals surface area contributed by atoms with E-state index in [9.17, 15) is 9.59 Å². The second-order valence-corrected chi connectivity index (χ2v) is 5.24. The van der Waals surface area contributed by atoms with Crippen molar-refractivity contribution >= 4 is 23.4 Å². The van der Waals surface area contributed by atoms with Gasteiger partial charge in [-0.15, -0.1) is 0 Å². The number of aryl methyl sites for hydroxylation is 1. The lowest BCUT2D eigenvalue weighted by molar-refractivity contribution is 0.0846. The summed E-state index contributed by atoms with van der Waals surface area (Å²) in [6.07, 6.45) is 2.03. The highest BCUT2D eigenvalue weighted by molar-refractivity contribution is 6.33. The summed E-state index contributed by atoms with van der Waals surface area (Å²) in [5, 5.41) is 0.332. The minimum absolute atomic E-state index is 0.308. The molecule has 22 heavy (non-hydrogen) atoms. The van der Waals surface area contributed by atoms with Crippen molar-refractivity contribution in [2.75, 3.05) is 0 Å². The molecule has 2 N–H and O–H groups in total. The van der Waals surface area contributed by atoms with E-state index in [0.717, 1.165) is 12.8 Å². The number of hydrazine groups is 1. The molecule has 0 unspecified atom stereocenters. The van der Waals surface area contributed by atoms with Crippen molar-refractivity contribution in [3.63, 3.8) is 0 Å². The van der Waals surface area contributed by atoms with Crippen molar-refractivity contribution < 1.29 is 9.59 Å². The highest BCUT2D eigenvalue weighted by atomic mass is 35.5. The number of rotatable bonds is 4. The number of hydrogen-bond donors (Lipinski definition) is 2. The second-order valence-electron chi connectivity index (χ2n) is 4.84. The third-order valence-electron chi connectivity index (χ3n) is 3.16. The van der Waals surface area contributed by atoms with Crippen LogP contribution >= 0.6 is 11.6 Å². The van der Waals surface area contributed by atoms with Gasteiger partial charge in [0.1, 0.15) is 0 Å². The molecule has 2 amide bonds. The molecule has 0 aromatic heterocycles. The van der Waals surface area contributed by atoms with Crippen molar-refractivity contribution in [2.45, 2.75) is 19.8 Å². The zero-order valence-corrected chi connectivity index (χ0v) is 13.0. The van der Waals surface area contributed by atoms with Crippen molar-refractivity contribution in [2.24, 2.45) is 0 Å². The first kappa shape index (κ1) is 16.0. The smallest absolute Gasteiger partial charge is 0.267 e. The maximum Gasteiger partial charge on any atom is 0.271 e. The van der Waals surface area contributed by atoms with Crippen LogP contribution in [-0.2, 0) is 6.42 Å². The molecule has 114 valence electrons. The maximum absolute atomic E-state index is 12.0. The SMILES string of the molecule is CCCc1ccc(C(=O)NNC(=O)c2ccccc2Cl)cc1. The summed E-state index contributed by atoms with van der Waals surface area (Å²) in [6, 6.07) is 13.9. The predicted molar refractivity (Wildman–Crippen MR) is 86.8 cm³/mol. The molecule has 0 atom stereocenters. The van der Waals surface area contributed by atoms with E-state index < -0.39 is 5.91 Å². The Bertz CT molecular complexity index is 669. The number of nitrogens with one attached hydrogen (secondary N) is 2. The summed E-state index contributed by atoms with van der Waals surface area (Å²) >= 11 is 5.92. The highest BCUT2D eigenvalue weighted by Gasteiger charge is 2.11. The first-order valence-electron chi connectivity index (χ1n) is 7.06. The Kier molecular flexibility index (Phi) is 5.55. The average molecular weight is 317 g/mol. The topological polar surface area (TPSA) is 58.2 Å². The van der Waals surface area contributed by atoms with Gasteiger partial charge in [0, 0.05) is 5.56 Å². The fourth-order valence-electron chi connectivity index (χ4n) is 2.01. The van der Waals surface area contributed by atoms with Crippen LogP contribution in [0, 0.1) is 0 Å². The number of hydrogen-bond acceptors (Lipinski definition) is 2. The number of carbonyl (C=O) groups excluding carboxylic acids is 2. The Morgan fingerprint density at radius 3 is 2.23 bits per heavy atom. The Hall–Kier alpha value is -2.33. The largest absolute Gasteiger partial charge is 0.271 e. The van der Waals surface area contributed by atoms with E-state index in [1.165, 1.54) is 5.56 Å². The van der Waals surface area contributed by atoms with Crippen molar-refractivity contribution in [3.8, 4) is 0 Å². The molecule has 0 aliphatic carbocycles. The van der Waals surface area contributed by atoms with Crippen molar-refractivity contribution in [1.29, 1.82) is 0 Å². The van der Waals surface area contributed by atoms with Gasteiger partial charge >= 0.3 is 0 Å². The summed E-state index contributed by atoms with van der Waals surface area (Å²) in [6.45, 7) is 2.10. The van der Waals surface area contributed by atoms with Gasteiger partial charge in [0.2, 0.25) is 0 Å². The van der Waals surface area contributed by atoms with Gasteiger partial charge in [-0.1, -0.05) is 49.2 Å².